The molecule has 0 spiro atoms. The van der Waals surface area contributed by atoms with Crippen LogP contribution in [0.3, 0.4) is 0 Å². The van der Waals surface area contributed by atoms with Crippen molar-refractivity contribution in [3.05, 3.63) is 64.2 Å². The largest absolute Gasteiger partial charge is 0.481 e. The number of carbonyl (C=O) groups excluding carboxylic acids is 1. The van der Waals surface area contributed by atoms with E-state index in [0.717, 1.165) is 26.4 Å². The van der Waals surface area contributed by atoms with Crippen LogP contribution in [0.1, 0.15) is 28.1 Å². The molecule has 1 aliphatic carbocycles. The SMILES string of the molecule is Cc1ccc2nc(CNC(=O)C3(CC(=O)O)Cc4ccccc4C3)sc2c1. The molecular weight excluding hydrogens is 360 g/mol. The molecule has 0 atom stereocenters. The Kier molecular flexibility index (Phi) is 4.44. The summed E-state index contributed by atoms with van der Waals surface area (Å²) in [6.45, 7) is 2.35. The lowest BCUT2D eigenvalue weighted by Crippen LogP contribution is -2.43. The van der Waals surface area contributed by atoms with Crippen LogP contribution in [-0.4, -0.2) is 22.0 Å². The number of carboxylic acid groups (broad SMARTS) is 1. The zero-order chi connectivity index (χ0) is 19.0. The number of aromatic nitrogens is 1. The van der Waals surface area contributed by atoms with Crippen molar-refractivity contribution in [2.24, 2.45) is 5.41 Å². The molecule has 2 aromatic carbocycles. The van der Waals surface area contributed by atoms with Gasteiger partial charge >= 0.3 is 5.97 Å². The average Bonchev–Trinajstić information content (AvgIpc) is 3.19. The van der Waals surface area contributed by atoms with E-state index in [-0.39, 0.29) is 12.3 Å². The summed E-state index contributed by atoms with van der Waals surface area (Å²) < 4.78 is 1.09. The van der Waals surface area contributed by atoms with E-state index >= 15 is 0 Å². The number of aliphatic carboxylic acids is 1. The number of hydrogen-bond acceptors (Lipinski definition) is 4. The summed E-state index contributed by atoms with van der Waals surface area (Å²) in [5.74, 6) is -1.16. The quantitative estimate of drug-likeness (QED) is 0.710. The van der Waals surface area contributed by atoms with Gasteiger partial charge in [-0.1, -0.05) is 30.3 Å². The van der Waals surface area contributed by atoms with Crippen LogP contribution in [-0.2, 0) is 29.0 Å². The van der Waals surface area contributed by atoms with Crippen molar-refractivity contribution in [1.29, 1.82) is 0 Å². The van der Waals surface area contributed by atoms with Crippen molar-refractivity contribution in [2.45, 2.75) is 32.7 Å². The fourth-order valence-corrected chi connectivity index (χ4v) is 4.85. The maximum atomic E-state index is 13.0. The minimum atomic E-state index is -0.951. The molecule has 0 unspecified atom stereocenters. The lowest BCUT2D eigenvalue weighted by molar-refractivity contribution is -0.145. The average molecular weight is 380 g/mol. The highest BCUT2D eigenvalue weighted by molar-refractivity contribution is 7.18. The first-order valence-corrected chi connectivity index (χ1v) is 9.70. The van der Waals surface area contributed by atoms with Gasteiger partial charge in [-0.2, -0.15) is 0 Å². The van der Waals surface area contributed by atoms with Gasteiger partial charge in [0.15, 0.2) is 0 Å². The molecule has 0 fully saturated rings. The lowest BCUT2D eigenvalue weighted by atomic mass is 9.80. The lowest BCUT2D eigenvalue weighted by Gasteiger charge is -2.25. The molecule has 138 valence electrons. The minimum Gasteiger partial charge on any atom is -0.481 e. The number of carboxylic acids is 1. The highest BCUT2D eigenvalue weighted by Crippen LogP contribution is 2.40. The van der Waals surface area contributed by atoms with Crippen LogP contribution in [0.25, 0.3) is 10.2 Å². The molecule has 5 nitrogen and oxygen atoms in total. The molecule has 1 amide bonds. The Morgan fingerprint density at radius 3 is 2.56 bits per heavy atom. The highest BCUT2D eigenvalue weighted by Gasteiger charge is 2.45. The smallest absolute Gasteiger partial charge is 0.304 e. The van der Waals surface area contributed by atoms with Gasteiger partial charge in [0.2, 0.25) is 5.91 Å². The van der Waals surface area contributed by atoms with Crippen molar-refractivity contribution in [1.82, 2.24) is 10.3 Å². The summed E-state index contributed by atoms with van der Waals surface area (Å²) in [7, 11) is 0. The molecule has 0 saturated carbocycles. The Hall–Kier alpha value is -2.73. The zero-order valence-corrected chi connectivity index (χ0v) is 15.8. The number of hydrogen-bond donors (Lipinski definition) is 2. The molecule has 4 rings (SSSR count). The summed E-state index contributed by atoms with van der Waals surface area (Å²) in [6.07, 6.45) is 0.743. The number of carbonyl (C=O) groups is 2. The number of nitrogens with one attached hydrogen (secondary N) is 1. The molecule has 2 N–H and O–H groups in total. The molecule has 0 radical (unpaired) electrons. The zero-order valence-electron chi connectivity index (χ0n) is 15.0. The second kappa shape index (κ2) is 6.78. The minimum absolute atomic E-state index is 0.174. The third-order valence-corrected chi connectivity index (χ3v) is 6.15. The summed E-state index contributed by atoms with van der Waals surface area (Å²) in [5.41, 5.74) is 3.28. The van der Waals surface area contributed by atoms with Gasteiger partial charge in [-0.25, -0.2) is 4.98 Å². The van der Waals surface area contributed by atoms with Gasteiger partial charge in [0.25, 0.3) is 0 Å². The van der Waals surface area contributed by atoms with Crippen LogP contribution < -0.4 is 5.32 Å². The molecule has 6 heteroatoms. The van der Waals surface area contributed by atoms with Crippen LogP contribution in [0.5, 0.6) is 0 Å². The third kappa shape index (κ3) is 3.45. The topological polar surface area (TPSA) is 79.3 Å². The highest BCUT2D eigenvalue weighted by atomic mass is 32.1. The second-order valence-corrected chi connectivity index (χ2v) is 8.35. The maximum absolute atomic E-state index is 13.0. The van der Waals surface area contributed by atoms with Crippen LogP contribution in [0.2, 0.25) is 0 Å². The number of fused-ring (bicyclic) bond motifs is 2. The molecule has 0 saturated heterocycles. The van der Waals surface area contributed by atoms with E-state index in [9.17, 15) is 14.7 Å². The predicted octanol–water partition coefficient (Wildman–Crippen LogP) is 3.48. The Balaban J connectivity index is 1.53. The Morgan fingerprint density at radius 2 is 1.89 bits per heavy atom. The molecular formula is C21H20N2O3S. The van der Waals surface area contributed by atoms with E-state index in [2.05, 4.69) is 16.4 Å². The van der Waals surface area contributed by atoms with Crippen molar-refractivity contribution in [2.75, 3.05) is 0 Å². The molecule has 1 aromatic heterocycles. The molecule has 3 aromatic rings. The van der Waals surface area contributed by atoms with E-state index in [1.165, 1.54) is 5.56 Å². The van der Waals surface area contributed by atoms with Gasteiger partial charge < -0.3 is 10.4 Å². The molecule has 1 aliphatic rings. The van der Waals surface area contributed by atoms with E-state index in [0.29, 0.717) is 19.4 Å². The first kappa shape index (κ1) is 17.7. The number of benzene rings is 2. The second-order valence-electron chi connectivity index (χ2n) is 7.23. The van der Waals surface area contributed by atoms with Gasteiger partial charge in [0.1, 0.15) is 5.01 Å². The number of aryl methyl sites for hydroxylation is 1. The third-order valence-electron chi connectivity index (χ3n) is 5.14. The fourth-order valence-electron chi connectivity index (χ4n) is 3.85. The number of rotatable bonds is 5. The van der Waals surface area contributed by atoms with Crippen molar-refractivity contribution in [3.8, 4) is 0 Å². The Labute approximate surface area is 161 Å². The number of nitrogens with zero attached hydrogens (tertiary/aromatic N) is 1. The Morgan fingerprint density at radius 1 is 1.19 bits per heavy atom. The predicted molar refractivity (Wildman–Crippen MR) is 105 cm³/mol. The first-order chi connectivity index (χ1) is 12.9. The van der Waals surface area contributed by atoms with Gasteiger partial charge in [0.05, 0.1) is 28.6 Å². The van der Waals surface area contributed by atoms with E-state index in [1.54, 1.807) is 11.3 Å². The van der Waals surface area contributed by atoms with Crippen molar-refractivity contribution in [3.63, 3.8) is 0 Å². The van der Waals surface area contributed by atoms with Crippen LogP contribution in [0, 0.1) is 12.3 Å². The van der Waals surface area contributed by atoms with Gasteiger partial charge in [0, 0.05) is 0 Å². The molecule has 0 aliphatic heterocycles. The fraction of sp³-hybridized carbons (Fsp3) is 0.286. The molecule has 0 bridgehead atoms. The molecule has 27 heavy (non-hydrogen) atoms. The Bertz CT molecular complexity index is 1020. The number of thiazole rings is 1. The van der Waals surface area contributed by atoms with Crippen molar-refractivity contribution >= 4 is 33.4 Å². The normalized spacial score (nSPS) is 14.9. The molecule has 1 heterocycles. The van der Waals surface area contributed by atoms with E-state index < -0.39 is 11.4 Å². The maximum Gasteiger partial charge on any atom is 0.304 e. The van der Waals surface area contributed by atoms with Crippen molar-refractivity contribution < 1.29 is 14.7 Å². The van der Waals surface area contributed by atoms with E-state index in [4.69, 9.17) is 0 Å². The van der Waals surface area contributed by atoms with Gasteiger partial charge in [-0.05, 0) is 48.6 Å². The summed E-state index contributed by atoms with van der Waals surface area (Å²) in [6, 6.07) is 13.9. The van der Waals surface area contributed by atoms with Crippen LogP contribution >= 0.6 is 11.3 Å². The van der Waals surface area contributed by atoms with Crippen LogP contribution in [0.15, 0.2) is 42.5 Å². The standard InChI is InChI=1S/C21H20N2O3S/c1-13-6-7-16-17(8-13)27-18(23-16)12-22-20(26)21(11-19(24)25)9-14-4-2-3-5-15(14)10-21/h2-8H,9-12H2,1H3,(H,22,26)(H,24,25). The summed E-state index contributed by atoms with van der Waals surface area (Å²) in [5, 5.41) is 13.2. The van der Waals surface area contributed by atoms with Gasteiger partial charge in [-0.3, -0.25) is 9.59 Å². The summed E-state index contributed by atoms with van der Waals surface area (Å²) >= 11 is 1.55. The van der Waals surface area contributed by atoms with Gasteiger partial charge in [-0.15, -0.1) is 11.3 Å². The first-order valence-electron chi connectivity index (χ1n) is 8.88. The van der Waals surface area contributed by atoms with E-state index in [1.807, 2.05) is 43.3 Å². The van der Waals surface area contributed by atoms with Crippen LogP contribution in [0.4, 0.5) is 0 Å². The number of amides is 1. The summed E-state index contributed by atoms with van der Waals surface area (Å²) in [4.78, 5) is 29.0. The monoisotopic (exact) mass is 380 g/mol.